The SMILES string of the molecule is CC(=O)Nc1cccc(C(C)NC(=O)c2cccnc2SCc2cc(C)on2)c1. The van der Waals surface area contributed by atoms with Crippen molar-refractivity contribution in [1.82, 2.24) is 15.5 Å². The Hall–Kier alpha value is -3.13. The first-order valence-electron chi connectivity index (χ1n) is 9.11. The van der Waals surface area contributed by atoms with Crippen molar-refractivity contribution < 1.29 is 14.1 Å². The molecule has 8 heteroatoms. The Bertz CT molecular complexity index is 1020. The van der Waals surface area contributed by atoms with E-state index >= 15 is 0 Å². The van der Waals surface area contributed by atoms with Gasteiger partial charge in [0.05, 0.1) is 17.3 Å². The smallest absolute Gasteiger partial charge is 0.254 e. The lowest BCUT2D eigenvalue weighted by molar-refractivity contribution is -0.114. The van der Waals surface area contributed by atoms with E-state index in [-0.39, 0.29) is 17.9 Å². The van der Waals surface area contributed by atoms with Gasteiger partial charge in [-0.1, -0.05) is 29.1 Å². The molecule has 0 bridgehead atoms. The number of pyridine rings is 1. The number of nitrogens with zero attached hydrogens (tertiary/aromatic N) is 2. The van der Waals surface area contributed by atoms with Crippen LogP contribution in [0, 0.1) is 6.92 Å². The highest BCUT2D eigenvalue weighted by atomic mass is 32.2. The Morgan fingerprint density at radius 2 is 2.03 bits per heavy atom. The first-order chi connectivity index (χ1) is 13.9. The number of carbonyl (C=O) groups is 2. The molecule has 29 heavy (non-hydrogen) atoms. The summed E-state index contributed by atoms with van der Waals surface area (Å²) >= 11 is 1.43. The lowest BCUT2D eigenvalue weighted by Gasteiger charge is -2.16. The van der Waals surface area contributed by atoms with E-state index in [0.717, 1.165) is 17.0 Å². The molecule has 0 aliphatic carbocycles. The van der Waals surface area contributed by atoms with Gasteiger partial charge in [0, 0.05) is 30.6 Å². The van der Waals surface area contributed by atoms with Crippen LogP contribution in [-0.2, 0) is 10.5 Å². The summed E-state index contributed by atoms with van der Waals surface area (Å²) in [6.07, 6.45) is 1.66. The van der Waals surface area contributed by atoms with E-state index in [1.54, 1.807) is 24.4 Å². The second kappa shape index (κ2) is 9.38. The Kier molecular flexibility index (Phi) is 6.66. The number of hydrogen-bond donors (Lipinski definition) is 2. The maximum absolute atomic E-state index is 12.9. The van der Waals surface area contributed by atoms with Gasteiger partial charge in [-0.15, -0.1) is 0 Å². The predicted octanol–water partition coefficient (Wildman–Crippen LogP) is 4.12. The third-order valence-electron chi connectivity index (χ3n) is 4.10. The summed E-state index contributed by atoms with van der Waals surface area (Å²) < 4.78 is 5.08. The molecule has 1 unspecified atom stereocenters. The molecule has 0 aliphatic rings. The van der Waals surface area contributed by atoms with E-state index < -0.39 is 0 Å². The van der Waals surface area contributed by atoms with Crippen LogP contribution >= 0.6 is 11.8 Å². The van der Waals surface area contributed by atoms with Crippen LogP contribution in [0.2, 0.25) is 0 Å². The van der Waals surface area contributed by atoms with Gasteiger partial charge < -0.3 is 15.2 Å². The van der Waals surface area contributed by atoms with E-state index in [0.29, 0.717) is 22.0 Å². The molecule has 150 valence electrons. The van der Waals surface area contributed by atoms with Crippen molar-refractivity contribution >= 4 is 29.3 Å². The molecule has 0 aliphatic heterocycles. The summed E-state index contributed by atoms with van der Waals surface area (Å²) in [5.41, 5.74) is 2.88. The third-order valence-corrected chi connectivity index (χ3v) is 5.14. The summed E-state index contributed by atoms with van der Waals surface area (Å²) in [5.74, 6) is 0.950. The minimum atomic E-state index is -0.243. The zero-order valence-electron chi connectivity index (χ0n) is 16.4. The van der Waals surface area contributed by atoms with Crippen LogP contribution in [0.5, 0.6) is 0 Å². The maximum atomic E-state index is 12.9. The standard InChI is InChI=1S/C21H22N4O3S/c1-13-10-18(25-28-13)12-29-21-19(8-5-9-22-21)20(27)23-14(2)16-6-4-7-17(11-16)24-15(3)26/h4-11,14H,12H2,1-3H3,(H,23,27)(H,24,26). The number of thioether (sulfide) groups is 1. The van der Waals surface area contributed by atoms with Gasteiger partial charge in [0.15, 0.2) is 0 Å². The molecular weight excluding hydrogens is 388 g/mol. The number of rotatable bonds is 7. The summed E-state index contributed by atoms with van der Waals surface area (Å²) in [5, 5.41) is 10.3. The summed E-state index contributed by atoms with van der Waals surface area (Å²) in [6.45, 7) is 5.19. The fourth-order valence-electron chi connectivity index (χ4n) is 2.75. The fraction of sp³-hybridized carbons (Fsp3) is 0.238. The maximum Gasteiger partial charge on any atom is 0.254 e. The molecule has 2 N–H and O–H groups in total. The molecule has 1 aromatic carbocycles. The van der Waals surface area contributed by atoms with E-state index in [1.165, 1.54) is 18.7 Å². The van der Waals surface area contributed by atoms with Gasteiger partial charge in [-0.05, 0) is 43.7 Å². The van der Waals surface area contributed by atoms with Crippen molar-refractivity contribution in [1.29, 1.82) is 0 Å². The third kappa shape index (κ3) is 5.68. The lowest BCUT2D eigenvalue weighted by atomic mass is 10.1. The zero-order chi connectivity index (χ0) is 20.8. The topological polar surface area (TPSA) is 97.1 Å². The van der Waals surface area contributed by atoms with E-state index in [2.05, 4.69) is 20.8 Å². The molecule has 3 aromatic rings. The lowest BCUT2D eigenvalue weighted by Crippen LogP contribution is -2.27. The highest BCUT2D eigenvalue weighted by molar-refractivity contribution is 7.98. The van der Waals surface area contributed by atoms with Gasteiger partial charge in [0.2, 0.25) is 5.91 Å². The number of aromatic nitrogens is 2. The monoisotopic (exact) mass is 410 g/mol. The van der Waals surface area contributed by atoms with Crippen LogP contribution in [0.25, 0.3) is 0 Å². The molecule has 0 spiro atoms. The molecule has 0 saturated carbocycles. The van der Waals surface area contributed by atoms with Crippen molar-refractivity contribution in [3.8, 4) is 0 Å². The molecule has 0 saturated heterocycles. The van der Waals surface area contributed by atoms with Gasteiger partial charge in [-0.3, -0.25) is 9.59 Å². The van der Waals surface area contributed by atoms with Crippen LogP contribution in [0.4, 0.5) is 5.69 Å². The number of anilines is 1. The second-order valence-electron chi connectivity index (χ2n) is 6.58. The fourth-order valence-corrected chi connectivity index (χ4v) is 3.63. The van der Waals surface area contributed by atoms with Gasteiger partial charge in [0.1, 0.15) is 10.8 Å². The minimum Gasteiger partial charge on any atom is -0.361 e. The highest BCUT2D eigenvalue weighted by Crippen LogP contribution is 2.25. The summed E-state index contributed by atoms with van der Waals surface area (Å²) in [4.78, 5) is 28.5. The largest absolute Gasteiger partial charge is 0.361 e. The predicted molar refractivity (Wildman–Crippen MR) is 112 cm³/mol. The first kappa shape index (κ1) is 20.6. The van der Waals surface area contributed by atoms with E-state index in [9.17, 15) is 9.59 Å². The van der Waals surface area contributed by atoms with Crippen LogP contribution in [0.3, 0.4) is 0 Å². The Morgan fingerprint density at radius 1 is 1.21 bits per heavy atom. The average Bonchev–Trinajstić information content (AvgIpc) is 3.11. The van der Waals surface area contributed by atoms with Crippen molar-refractivity contribution in [2.24, 2.45) is 0 Å². The molecule has 0 radical (unpaired) electrons. The summed E-state index contributed by atoms with van der Waals surface area (Å²) in [7, 11) is 0. The number of carbonyl (C=O) groups excluding carboxylic acids is 2. The Morgan fingerprint density at radius 3 is 2.76 bits per heavy atom. The second-order valence-corrected chi connectivity index (χ2v) is 7.54. The van der Waals surface area contributed by atoms with Crippen molar-refractivity contribution in [3.05, 3.63) is 71.2 Å². The van der Waals surface area contributed by atoms with Gasteiger partial charge >= 0.3 is 0 Å². The Balaban J connectivity index is 1.69. The van der Waals surface area contributed by atoms with Gasteiger partial charge in [-0.2, -0.15) is 0 Å². The normalized spacial score (nSPS) is 11.7. The quantitative estimate of drug-likeness (QED) is 0.569. The number of nitrogens with one attached hydrogen (secondary N) is 2. The highest BCUT2D eigenvalue weighted by Gasteiger charge is 2.17. The number of benzene rings is 1. The van der Waals surface area contributed by atoms with Crippen LogP contribution in [-0.4, -0.2) is 22.0 Å². The van der Waals surface area contributed by atoms with Gasteiger partial charge in [0.25, 0.3) is 5.91 Å². The van der Waals surface area contributed by atoms with Crippen LogP contribution in [0.15, 0.2) is 58.2 Å². The number of amides is 2. The summed E-state index contributed by atoms with van der Waals surface area (Å²) in [6, 6.07) is 12.5. The number of hydrogen-bond acceptors (Lipinski definition) is 6. The van der Waals surface area contributed by atoms with Crippen molar-refractivity contribution in [2.75, 3.05) is 5.32 Å². The molecule has 0 fully saturated rings. The molecule has 2 amide bonds. The average molecular weight is 410 g/mol. The Labute approximate surface area is 173 Å². The van der Waals surface area contributed by atoms with Crippen molar-refractivity contribution in [3.63, 3.8) is 0 Å². The van der Waals surface area contributed by atoms with Crippen LogP contribution in [0.1, 0.15) is 47.3 Å². The minimum absolute atomic E-state index is 0.141. The molecule has 7 nitrogen and oxygen atoms in total. The molecule has 1 atom stereocenters. The number of aryl methyl sites for hydroxylation is 1. The molecule has 2 heterocycles. The van der Waals surface area contributed by atoms with Crippen molar-refractivity contribution in [2.45, 2.75) is 37.6 Å². The van der Waals surface area contributed by atoms with Gasteiger partial charge in [-0.25, -0.2) is 4.98 Å². The molecular formula is C21H22N4O3S. The van der Waals surface area contributed by atoms with E-state index in [4.69, 9.17) is 4.52 Å². The first-order valence-corrected chi connectivity index (χ1v) is 10.1. The van der Waals surface area contributed by atoms with E-state index in [1.807, 2.05) is 38.1 Å². The molecule has 2 aromatic heterocycles. The molecule has 3 rings (SSSR count). The van der Waals surface area contributed by atoms with Crippen LogP contribution < -0.4 is 10.6 Å². The zero-order valence-corrected chi connectivity index (χ0v) is 17.2.